The second-order valence-corrected chi connectivity index (χ2v) is 7.17. The van der Waals surface area contributed by atoms with Crippen molar-refractivity contribution >= 4 is 16.6 Å². The normalized spacial score (nSPS) is 14.7. The summed E-state index contributed by atoms with van der Waals surface area (Å²) in [7, 11) is 0. The number of aromatic amines is 1. The zero-order chi connectivity index (χ0) is 18.9. The lowest BCUT2D eigenvalue weighted by atomic mass is 9.94. The Balaban J connectivity index is 1.85. The third-order valence-corrected chi connectivity index (χ3v) is 4.99. The average molecular weight is 368 g/mol. The predicted molar refractivity (Wildman–Crippen MR) is 97.8 cm³/mol. The first-order chi connectivity index (χ1) is 12.9. The molecular formula is C20H15F3N4. The molecule has 0 saturated heterocycles. The van der Waals surface area contributed by atoms with E-state index >= 15 is 8.78 Å². The Hall–Kier alpha value is -3.22. The summed E-state index contributed by atoms with van der Waals surface area (Å²) < 4.78 is 46.3. The van der Waals surface area contributed by atoms with Gasteiger partial charge in [-0.1, -0.05) is 0 Å². The highest BCUT2D eigenvalue weighted by molar-refractivity contribution is 5.97. The van der Waals surface area contributed by atoms with Crippen LogP contribution in [0.1, 0.15) is 13.8 Å². The number of anilines is 1. The molecule has 4 nitrogen and oxygen atoms in total. The number of halogens is 3. The van der Waals surface area contributed by atoms with Crippen molar-refractivity contribution in [3.63, 3.8) is 0 Å². The fourth-order valence-corrected chi connectivity index (χ4v) is 3.87. The van der Waals surface area contributed by atoms with E-state index in [-0.39, 0.29) is 16.7 Å². The van der Waals surface area contributed by atoms with Crippen molar-refractivity contribution in [2.45, 2.75) is 19.5 Å². The zero-order valence-corrected chi connectivity index (χ0v) is 14.6. The average Bonchev–Trinajstić information content (AvgIpc) is 3.22. The van der Waals surface area contributed by atoms with Gasteiger partial charge in [0.1, 0.15) is 23.1 Å². The second kappa shape index (κ2) is 5.16. The van der Waals surface area contributed by atoms with Crippen LogP contribution in [0, 0.1) is 17.5 Å². The molecule has 0 aliphatic carbocycles. The Labute approximate surface area is 152 Å². The molecule has 0 unspecified atom stereocenters. The molecule has 7 heteroatoms. The monoisotopic (exact) mass is 368 g/mol. The molecule has 27 heavy (non-hydrogen) atoms. The SMILES string of the molecule is CC1(C)Nc2cc(F)c(-c3cc(F)cc4[nH]ccc34)c(F)c2-c2ccnn21. The van der Waals surface area contributed by atoms with E-state index in [4.69, 9.17) is 0 Å². The molecule has 5 rings (SSSR count). The Kier molecular flexibility index (Phi) is 3.05. The minimum Gasteiger partial charge on any atom is -0.361 e. The Morgan fingerprint density at radius 1 is 1.04 bits per heavy atom. The molecule has 0 atom stereocenters. The van der Waals surface area contributed by atoms with Crippen molar-refractivity contribution in [3.05, 3.63) is 60.2 Å². The quantitative estimate of drug-likeness (QED) is 0.483. The lowest BCUT2D eigenvalue weighted by Gasteiger charge is -2.35. The zero-order valence-electron chi connectivity index (χ0n) is 14.6. The van der Waals surface area contributed by atoms with Gasteiger partial charge in [0.25, 0.3) is 0 Å². The number of rotatable bonds is 1. The lowest BCUT2D eigenvalue weighted by molar-refractivity contribution is 0.367. The number of nitrogens with one attached hydrogen (secondary N) is 2. The first kappa shape index (κ1) is 16.0. The van der Waals surface area contributed by atoms with E-state index in [1.165, 1.54) is 12.1 Å². The van der Waals surface area contributed by atoms with Crippen LogP contribution in [-0.2, 0) is 5.66 Å². The van der Waals surface area contributed by atoms with Crippen molar-refractivity contribution in [1.29, 1.82) is 0 Å². The van der Waals surface area contributed by atoms with E-state index in [0.29, 0.717) is 22.3 Å². The molecule has 0 bridgehead atoms. The van der Waals surface area contributed by atoms with Gasteiger partial charge in [-0.2, -0.15) is 5.10 Å². The van der Waals surface area contributed by atoms with E-state index in [1.54, 1.807) is 29.2 Å². The standard InChI is InChI=1S/C20H15F3N4/c1-20(2)26-15-9-13(22)17(19(23)18(15)16-4-6-25-27(16)20)12-7-10(21)8-14-11(12)3-5-24-14/h3-9,24,26H,1-2H3. The topological polar surface area (TPSA) is 45.6 Å². The Morgan fingerprint density at radius 2 is 1.85 bits per heavy atom. The van der Waals surface area contributed by atoms with Gasteiger partial charge in [0.2, 0.25) is 0 Å². The first-order valence-electron chi connectivity index (χ1n) is 8.49. The molecule has 3 heterocycles. The van der Waals surface area contributed by atoms with Gasteiger partial charge in [0.05, 0.1) is 22.5 Å². The summed E-state index contributed by atoms with van der Waals surface area (Å²) in [5.41, 5.74) is 0.843. The van der Waals surface area contributed by atoms with Gasteiger partial charge in [-0.05, 0) is 49.7 Å². The Bertz CT molecular complexity index is 1220. The summed E-state index contributed by atoms with van der Waals surface area (Å²) in [5.74, 6) is -2.07. The van der Waals surface area contributed by atoms with Crippen LogP contribution < -0.4 is 5.32 Å². The number of hydrogen-bond donors (Lipinski definition) is 2. The molecule has 0 radical (unpaired) electrons. The molecule has 1 aliphatic heterocycles. The number of aromatic nitrogens is 3. The molecule has 2 N–H and O–H groups in total. The van der Waals surface area contributed by atoms with E-state index in [0.717, 1.165) is 6.07 Å². The molecule has 0 saturated carbocycles. The van der Waals surface area contributed by atoms with Crippen LogP contribution in [0.25, 0.3) is 33.3 Å². The smallest absolute Gasteiger partial charge is 0.145 e. The van der Waals surface area contributed by atoms with Crippen molar-refractivity contribution in [2.75, 3.05) is 5.32 Å². The second-order valence-electron chi connectivity index (χ2n) is 7.17. The van der Waals surface area contributed by atoms with E-state index < -0.39 is 23.1 Å². The molecule has 2 aromatic heterocycles. The van der Waals surface area contributed by atoms with Gasteiger partial charge in [-0.25, -0.2) is 17.9 Å². The maximum atomic E-state index is 15.6. The summed E-state index contributed by atoms with van der Waals surface area (Å²) in [4.78, 5) is 2.88. The maximum absolute atomic E-state index is 15.6. The maximum Gasteiger partial charge on any atom is 0.145 e. The van der Waals surface area contributed by atoms with Crippen molar-refractivity contribution < 1.29 is 13.2 Å². The third-order valence-electron chi connectivity index (χ3n) is 4.99. The van der Waals surface area contributed by atoms with Gasteiger partial charge in [0.15, 0.2) is 0 Å². The van der Waals surface area contributed by atoms with Gasteiger partial charge in [-0.15, -0.1) is 0 Å². The van der Waals surface area contributed by atoms with Crippen LogP contribution in [-0.4, -0.2) is 14.8 Å². The van der Waals surface area contributed by atoms with Crippen LogP contribution in [0.2, 0.25) is 0 Å². The highest BCUT2D eigenvalue weighted by Crippen LogP contribution is 2.45. The van der Waals surface area contributed by atoms with Crippen molar-refractivity contribution in [1.82, 2.24) is 14.8 Å². The van der Waals surface area contributed by atoms with Crippen LogP contribution in [0.5, 0.6) is 0 Å². The van der Waals surface area contributed by atoms with Crippen LogP contribution in [0.4, 0.5) is 18.9 Å². The highest BCUT2D eigenvalue weighted by atomic mass is 19.1. The highest BCUT2D eigenvalue weighted by Gasteiger charge is 2.34. The van der Waals surface area contributed by atoms with E-state index in [9.17, 15) is 4.39 Å². The predicted octanol–water partition coefficient (Wildman–Crippen LogP) is 5.23. The van der Waals surface area contributed by atoms with Crippen LogP contribution in [0.3, 0.4) is 0 Å². The molecular weight excluding hydrogens is 353 g/mol. The number of benzene rings is 2. The van der Waals surface area contributed by atoms with E-state index in [1.807, 2.05) is 13.8 Å². The fourth-order valence-electron chi connectivity index (χ4n) is 3.87. The minimum absolute atomic E-state index is 0.167. The van der Waals surface area contributed by atoms with Gasteiger partial charge in [0, 0.05) is 23.3 Å². The summed E-state index contributed by atoms with van der Waals surface area (Å²) in [6.07, 6.45) is 3.18. The van der Waals surface area contributed by atoms with Crippen molar-refractivity contribution in [3.8, 4) is 22.4 Å². The fraction of sp³-hybridized carbons (Fsp3) is 0.150. The lowest BCUT2D eigenvalue weighted by Crippen LogP contribution is -2.39. The van der Waals surface area contributed by atoms with Gasteiger partial charge < -0.3 is 10.3 Å². The molecule has 0 amide bonds. The number of nitrogens with zero attached hydrogens (tertiary/aromatic N) is 2. The number of hydrogen-bond acceptors (Lipinski definition) is 2. The van der Waals surface area contributed by atoms with Gasteiger partial charge >= 0.3 is 0 Å². The van der Waals surface area contributed by atoms with E-state index in [2.05, 4.69) is 15.4 Å². The number of H-pyrrole nitrogens is 1. The molecule has 2 aromatic carbocycles. The molecule has 0 fully saturated rings. The molecule has 136 valence electrons. The number of fused-ring (bicyclic) bond motifs is 4. The summed E-state index contributed by atoms with van der Waals surface area (Å²) in [6.45, 7) is 3.73. The molecule has 1 aliphatic rings. The largest absolute Gasteiger partial charge is 0.361 e. The van der Waals surface area contributed by atoms with Crippen LogP contribution in [0.15, 0.2) is 42.7 Å². The van der Waals surface area contributed by atoms with Crippen LogP contribution >= 0.6 is 0 Å². The van der Waals surface area contributed by atoms with Crippen molar-refractivity contribution in [2.24, 2.45) is 0 Å². The van der Waals surface area contributed by atoms with Gasteiger partial charge in [-0.3, -0.25) is 0 Å². The summed E-state index contributed by atoms with van der Waals surface area (Å²) in [6, 6.07) is 7.07. The first-order valence-corrected chi connectivity index (χ1v) is 8.49. The Morgan fingerprint density at radius 3 is 2.67 bits per heavy atom. The molecule has 0 spiro atoms. The summed E-state index contributed by atoms with van der Waals surface area (Å²) in [5, 5.41) is 7.93. The minimum atomic E-state index is -0.754. The third kappa shape index (κ3) is 2.14. The summed E-state index contributed by atoms with van der Waals surface area (Å²) >= 11 is 0. The molecule has 4 aromatic rings.